The average Bonchev–Trinajstić information content (AvgIpc) is 2.68. The summed E-state index contributed by atoms with van der Waals surface area (Å²) in [5.41, 5.74) is 1.53. The van der Waals surface area contributed by atoms with Crippen molar-refractivity contribution in [2.24, 2.45) is 0 Å². The van der Waals surface area contributed by atoms with Gasteiger partial charge in [-0.05, 0) is 49.9 Å². The van der Waals surface area contributed by atoms with Crippen molar-refractivity contribution in [3.63, 3.8) is 0 Å². The quantitative estimate of drug-likeness (QED) is 0.728. The third kappa shape index (κ3) is 5.75. The molecule has 142 valence electrons. The van der Waals surface area contributed by atoms with Crippen LogP contribution in [0.15, 0.2) is 24.3 Å². The molecule has 0 aliphatic heterocycles. The van der Waals surface area contributed by atoms with Gasteiger partial charge in [0.2, 0.25) is 5.91 Å². The monoisotopic (exact) mass is 357 g/mol. The molecule has 3 rings (SSSR count). The van der Waals surface area contributed by atoms with Gasteiger partial charge in [-0.2, -0.15) is 0 Å². The van der Waals surface area contributed by atoms with Crippen molar-refractivity contribution >= 4 is 17.5 Å². The highest BCUT2D eigenvalue weighted by molar-refractivity contribution is 5.94. The van der Waals surface area contributed by atoms with Crippen LogP contribution in [0.2, 0.25) is 0 Å². The molecule has 26 heavy (non-hydrogen) atoms. The zero-order valence-electron chi connectivity index (χ0n) is 15.6. The molecule has 2 saturated carbocycles. The summed E-state index contributed by atoms with van der Waals surface area (Å²) in [4.78, 5) is 24.4. The maximum atomic E-state index is 12.3. The number of carbonyl (C=O) groups is 2. The number of amides is 2. The minimum Gasteiger partial charge on any atom is -0.376 e. The SMILES string of the molecule is O=C(CNc1ccc(C(=O)NC2CCCCC2)cc1)NC1CCCCC1. The molecular formula is C21H31N3O2. The minimum atomic E-state index is -0.00140. The van der Waals surface area contributed by atoms with Crippen molar-refractivity contribution in [3.8, 4) is 0 Å². The first-order valence-electron chi connectivity index (χ1n) is 10.1. The summed E-state index contributed by atoms with van der Waals surface area (Å²) < 4.78 is 0. The van der Waals surface area contributed by atoms with Gasteiger partial charge < -0.3 is 16.0 Å². The van der Waals surface area contributed by atoms with Gasteiger partial charge in [-0.15, -0.1) is 0 Å². The number of hydrogen-bond donors (Lipinski definition) is 3. The fourth-order valence-electron chi connectivity index (χ4n) is 3.96. The third-order valence-corrected chi connectivity index (χ3v) is 5.51. The molecule has 5 heteroatoms. The molecule has 0 aromatic heterocycles. The first kappa shape index (κ1) is 18.7. The first-order valence-corrected chi connectivity index (χ1v) is 10.1. The van der Waals surface area contributed by atoms with Gasteiger partial charge in [0.1, 0.15) is 0 Å². The average molecular weight is 357 g/mol. The Bertz CT molecular complexity index is 588. The lowest BCUT2D eigenvalue weighted by Gasteiger charge is -2.23. The summed E-state index contributed by atoms with van der Waals surface area (Å²) >= 11 is 0. The van der Waals surface area contributed by atoms with Gasteiger partial charge in [-0.3, -0.25) is 9.59 Å². The van der Waals surface area contributed by atoms with Crippen LogP contribution in [0.4, 0.5) is 5.69 Å². The van der Waals surface area contributed by atoms with Crippen molar-refractivity contribution in [2.45, 2.75) is 76.3 Å². The molecule has 3 N–H and O–H groups in total. The lowest BCUT2D eigenvalue weighted by Crippen LogP contribution is -2.39. The Morgan fingerprint density at radius 1 is 0.769 bits per heavy atom. The Balaban J connectivity index is 1.41. The molecule has 0 atom stereocenters. The van der Waals surface area contributed by atoms with E-state index in [0.29, 0.717) is 17.6 Å². The fraction of sp³-hybridized carbons (Fsp3) is 0.619. The molecule has 0 saturated heterocycles. The molecule has 0 radical (unpaired) electrons. The van der Waals surface area contributed by atoms with Crippen LogP contribution in [0.25, 0.3) is 0 Å². The minimum absolute atomic E-state index is 0.00140. The van der Waals surface area contributed by atoms with Crippen molar-refractivity contribution in [1.29, 1.82) is 0 Å². The van der Waals surface area contributed by atoms with Crippen LogP contribution in [-0.2, 0) is 4.79 Å². The highest BCUT2D eigenvalue weighted by atomic mass is 16.2. The van der Waals surface area contributed by atoms with Crippen molar-refractivity contribution in [1.82, 2.24) is 10.6 Å². The number of carbonyl (C=O) groups excluding carboxylic acids is 2. The van der Waals surface area contributed by atoms with Crippen LogP contribution in [0, 0.1) is 0 Å². The second-order valence-corrected chi connectivity index (χ2v) is 7.64. The van der Waals surface area contributed by atoms with E-state index in [9.17, 15) is 9.59 Å². The fourth-order valence-corrected chi connectivity index (χ4v) is 3.96. The van der Waals surface area contributed by atoms with Crippen molar-refractivity contribution in [3.05, 3.63) is 29.8 Å². The molecule has 2 fully saturated rings. The largest absolute Gasteiger partial charge is 0.376 e. The summed E-state index contributed by atoms with van der Waals surface area (Å²) in [6, 6.07) is 8.02. The van der Waals surface area contributed by atoms with E-state index >= 15 is 0 Å². The van der Waals surface area contributed by atoms with Crippen LogP contribution < -0.4 is 16.0 Å². The van der Waals surface area contributed by atoms with Crippen LogP contribution >= 0.6 is 0 Å². The number of hydrogen-bond acceptors (Lipinski definition) is 3. The van der Waals surface area contributed by atoms with E-state index in [1.807, 2.05) is 24.3 Å². The zero-order valence-corrected chi connectivity index (χ0v) is 15.6. The summed E-state index contributed by atoms with van der Waals surface area (Å²) in [5.74, 6) is 0.0366. The molecule has 1 aromatic rings. The molecule has 0 bridgehead atoms. The second-order valence-electron chi connectivity index (χ2n) is 7.64. The van der Waals surface area contributed by atoms with E-state index in [2.05, 4.69) is 16.0 Å². The van der Waals surface area contributed by atoms with Gasteiger partial charge in [0.05, 0.1) is 6.54 Å². The molecule has 1 aromatic carbocycles. The van der Waals surface area contributed by atoms with Gasteiger partial charge in [0.15, 0.2) is 0 Å². The molecule has 2 aliphatic carbocycles. The zero-order chi connectivity index (χ0) is 18.2. The lowest BCUT2D eigenvalue weighted by molar-refractivity contribution is -0.120. The molecule has 0 spiro atoms. The Labute approximate surface area is 156 Å². The summed E-state index contributed by atoms with van der Waals surface area (Å²) in [7, 11) is 0. The Morgan fingerprint density at radius 3 is 1.88 bits per heavy atom. The maximum Gasteiger partial charge on any atom is 0.251 e. The predicted molar refractivity (Wildman–Crippen MR) is 104 cm³/mol. The van der Waals surface area contributed by atoms with Crippen molar-refractivity contribution < 1.29 is 9.59 Å². The summed E-state index contributed by atoms with van der Waals surface area (Å²) in [6.45, 7) is 0.268. The van der Waals surface area contributed by atoms with E-state index < -0.39 is 0 Å². The first-order chi connectivity index (χ1) is 12.7. The highest BCUT2D eigenvalue weighted by Crippen LogP contribution is 2.19. The Kier molecular flexibility index (Phi) is 6.92. The lowest BCUT2D eigenvalue weighted by atomic mass is 9.95. The summed E-state index contributed by atoms with van der Waals surface area (Å²) in [6.07, 6.45) is 11.8. The third-order valence-electron chi connectivity index (χ3n) is 5.51. The van der Waals surface area contributed by atoms with Crippen LogP contribution in [0.5, 0.6) is 0 Å². The van der Waals surface area contributed by atoms with E-state index in [0.717, 1.165) is 31.4 Å². The van der Waals surface area contributed by atoms with Gasteiger partial charge in [-0.1, -0.05) is 38.5 Å². The van der Waals surface area contributed by atoms with E-state index in [1.54, 1.807) is 0 Å². The Hall–Kier alpha value is -2.04. The topological polar surface area (TPSA) is 70.2 Å². The predicted octanol–water partition coefficient (Wildman–Crippen LogP) is 3.61. The maximum absolute atomic E-state index is 12.3. The number of anilines is 1. The normalized spacial score (nSPS) is 18.9. The van der Waals surface area contributed by atoms with Crippen LogP contribution in [-0.4, -0.2) is 30.4 Å². The van der Waals surface area contributed by atoms with E-state index in [4.69, 9.17) is 0 Å². The van der Waals surface area contributed by atoms with Gasteiger partial charge >= 0.3 is 0 Å². The number of rotatable bonds is 6. The number of nitrogens with one attached hydrogen (secondary N) is 3. The molecular weight excluding hydrogens is 326 g/mol. The van der Waals surface area contributed by atoms with Gasteiger partial charge in [0, 0.05) is 23.3 Å². The van der Waals surface area contributed by atoms with E-state index in [1.165, 1.54) is 38.5 Å². The molecule has 2 amide bonds. The number of benzene rings is 1. The molecule has 2 aliphatic rings. The highest BCUT2D eigenvalue weighted by Gasteiger charge is 2.17. The Morgan fingerprint density at radius 2 is 1.31 bits per heavy atom. The molecule has 0 heterocycles. The standard InChI is InChI=1S/C21H31N3O2/c25-20(23-18-7-3-1-4-8-18)15-22-17-13-11-16(12-14-17)21(26)24-19-9-5-2-6-10-19/h11-14,18-19,22H,1-10,15H2,(H,23,25)(H,24,26). The van der Waals surface area contributed by atoms with Crippen LogP contribution in [0.3, 0.4) is 0 Å². The van der Waals surface area contributed by atoms with Crippen molar-refractivity contribution in [2.75, 3.05) is 11.9 Å². The van der Waals surface area contributed by atoms with Gasteiger partial charge in [0.25, 0.3) is 5.91 Å². The van der Waals surface area contributed by atoms with E-state index in [-0.39, 0.29) is 18.4 Å². The molecule has 0 unspecified atom stereocenters. The smallest absolute Gasteiger partial charge is 0.251 e. The second kappa shape index (κ2) is 9.60. The summed E-state index contributed by atoms with van der Waals surface area (Å²) in [5, 5.41) is 9.36. The molecule has 5 nitrogen and oxygen atoms in total. The van der Waals surface area contributed by atoms with Crippen LogP contribution in [0.1, 0.15) is 74.6 Å². The van der Waals surface area contributed by atoms with Gasteiger partial charge in [-0.25, -0.2) is 0 Å².